The molecule has 1 rings (SSSR count). The molecule has 0 aromatic carbocycles. The SMILES string of the molecule is C#CCOC1(CC#C)CCCCCCCCCCCCCC1. The average Bonchev–Trinajstić information content (AvgIpc) is 2.53. The van der Waals surface area contributed by atoms with E-state index in [0.29, 0.717) is 13.0 Å². The van der Waals surface area contributed by atoms with Gasteiger partial charge >= 0.3 is 0 Å². The zero-order valence-electron chi connectivity index (χ0n) is 14.4. The van der Waals surface area contributed by atoms with Gasteiger partial charge in [-0.25, -0.2) is 0 Å². The Morgan fingerprint density at radius 2 is 1.05 bits per heavy atom. The predicted octanol–water partition coefficient (Wildman–Crippen LogP) is 5.87. The molecule has 1 fully saturated rings. The molecule has 0 bridgehead atoms. The molecule has 0 saturated heterocycles. The van der Waals surface area contributed by atoms with Crippen molar-refractivity contribution in [3.63, 3.8) is 0 Å². The van der Waals surface area contributed by atoms with E-state index in [4.69, 9.17) is 17.6 Å². The Morgan fingerprint density at radius 3 is 1.41 bits per heavy atom. The van der Waals surface area contributed by atoms with Gasteiger partial charge in [-0.15, -0.1) is 18.8 Å². The molecule has 0 N–H and O–H groups in total. The molecule has 1 aliphatic rings. The molecule has 0 unspecified atom stereocenters. The van der Waals surface area contributed by atoms with Crippen LogP contribution in [0, 0.1) is 24.7 Å². The van der Waals surface area contributed by atoms with Gasteiger partial charge in [0.05, 0.1) is 5.60 Å². The van der Waals surface area contributed by atoms with Crippen LogP contribution in [-0.4, -0.2) is 12.2 Å². The number of ether oxygens (including phenoxy) is 1. The number of rotatable bonds is 3. The minimum absolute atomic E-state index is 0.165. The van der Waals surface area contributed by atoms with E-state index in [0.717, 1.165) is 12.8 Å². The Morgan fingerprint density at radius 1 is 0.636 bits per heavy atom. The lowest BCUT2D eigenvalue weighted by Gasteiger charge is -2.32. The molecule has 0 aromatic rings. The van der Waals surface area contributed by atoms with Crippen molar-refractivity contribution >= 4 is 0 Å². The first-order valence-corrected chi connectivity index (χ1v) is 9.34. The molecule has 1 saturated carbocycles. The second-order valence-corrected chi connectivity index (χ2v) is 6.80. The lowest BCUT2D eigenvalue weighted by Crippen LogP contribution is -2.32. The van der Waals surface area contributed by atoms with Crippen molar-refractivity contribution in [3.8, 4) is 24.7 Å². The number of hydrogen-bond acceptors (Lipinski definition) is 1. The van der Waals surface area contributed by atoms with E-state index in [9.17, 15) is 0 Å². The largest absolute Gasteiger partial charge is 0.361 e. The van der Waals surface area contributed by atoms with Crippen molar-refractivity contribution in [3.05, 3.63) is 0 Å². The molecule has 0 amide bonds. The first-order valence-electron chi connectivity index (χ1n) is 9.34. The van der Waals surface area contributed by atoms with Crippen LogP contribution in [0.5, 0.6) is 0 Å². The van der Waals surface area contributed by atoms with Gasteiger partial charge in [0.1, 0.15) is 6.61 Å². The van der Waals surface area contributed by atoms with E-state index >= 15 is 0 Å². The van der Waals surface area contributed by atoms with Gasteiger partial charge in [-0.1, -0.05) is 83.0 Å². The summed E-state index contributed by atoms with van der Waals surface area (Å²) in [6, 6.07) is 0. The van der Waals surface area contributed by atoms with Crippen LogP contribution in [0.1, 0.15) is 96.3 Å². The second kappa shape index (κ2) is 12.6. The Balaban J connectivity index is 2.56. The fraction of sp³-hybridized carbons (Fsp3) is 0.810. The molecule has 0 heterocycles. The zero-order chi connectivity index (χ0) is 15.9. The molecule has 0 spiro atoms. The first-order chi connectivity index (χ1) is 10.8. The molecule has 0 aromatic heterocycles. The molecular weight excluding hydrogens is 268 g/mol. The van der Waals surface area contributed by atoms with Crippen LogP contribution in [0.15, 0.2) is 0 Å². The summed E-state index contributed by atoms with van der Waals surface area (Å²) in [5, 5.41) is 0. The van der Waals surface area contributed by atoms with Crippen LogP contribution in [0.3, 0.4) is 0 Å². The second-order valence-electron chi connectivity index (χ2n) is 6.80. The lowest BCUT2D eigenvalue weighted by molar-refractivity contribution is -0.0410. The standard InChI is InChI=1S/C21H34O/c1-3-17-21(22-20-4-2)18-15-13-11-9-7-5-6-8-10-12-14-16-19-21/h1-2H,5-20H2. The fourth-order valence-electron chi connectivity index (χ4n) is 3.54. The summed E-state index contributed by atoms with van der Waals surface area (Å²) in [6.45, 7) is 0.391. The highest BCUT2D eigenvalue weighted by Gasteiger charge is 2.29. The smallest absolute Gasteiger partial charge is 0.108 e. The molecular formula is C21H34O. The van der Waals surface area contributed by atoms with Gasteiger partial charge in [0.15, 0.2) is 0 Å². The third-order valence-corrected chi connectivity index (χ3v) is 4.90. The number of hydrogen-bond donors (Lipinski definition) is 0. The molecule has 22 heavy (non-hydrogen) atoms. The minimum atomic E-state index is -0.165. The normalized spacial score (nSPS) is 21.7. The highest BCUT2D eigenvalue weighted by molar-refractivity contribution is 4.98. The molecule has 1 heteroatoms. The Kier molecular flexibility index (Phi) is 11.0. The Hall–Kier alpha value is -0.920. The van der Waals surface area contributed by atoms with Gasteiger partial charge in [0, 0.05) is 6.42 Å². The van der Waals surface area contributed by atoms with Crippen LogP contribution in [0.25, 0.3) is 0 Å². The highest BCUT2D eigenvalue weighted by Crippen LogP contribution is 2.30. The molecule has 0 radical (unpaired) electrons. The summed E-state index contributed by atoms with van der Waals surface area (Å²) in [6.07, 6.45) is 30.0. The molecule has 124 valence electrons. The van der Waals surface area contributed by atoms with Crippen molar-refractivity contribution in [1.82, 2.24) is 0 Å². The van der Waals surface area contributed by atoms with Gasteiger partial charge in [-0.2, -0.15) is 0 Å². The van der Waals surface area contributed by atoms with Crippen molar-refractivity contribution in [2.45, 2.75) is 102 Å². The first kappa shape index (κ1) is 19.1. The zero-order valence-corrected chi connectivity index (χ0v) is 14.4. The van der Waals surface area contributed by atoms with E-state index in [1.807, 2.05) is 0 Å². The highest BCUT2D eigenvalue weighted by atomic mass is 16.5. The van der Waals surface area contributed by atoms with E-state index in [-0.39, 0.29) is 5.60 Å². The van der Waals surface area contributed by atoms with Gasteiger partial charge in [-0.05, 0) is 12.8 Å². The average molecular weight is 303 g/mol. The van der Waals surface area contributed by atoms with E-state index in [1.165, 1.54) is 77.0 Å². The number of terminal acetylenes is 2. The maximum absolute atomic E-state index is 6.07. The van der Waals surface area contributed by atoms with Gasteiger partial charge in [0.25, 0.3) is 0 Å². The van der Waals surface area contributed by atoms with Gasteiger partial charge in [0.2, 0.25) is 0 Å². The van der Waals surface area contributed by atoms with Crippen LogP contribution >= 0.6 is 0 Å². The van der Waals surface area contributed by atoms with Crippen LogP contribution < -0.4 is 0 Å². The Labute approximate surface area is 138 Å². The van der Waals surface area contributed by atoms with Crippen LogP contribution in [0.4, 0.5) is 0 Å². The molecule has 0 aliphatic heterocycles. The summed E-state index contributed by atoms with van der Waals surface area (Å²) in [5.74, 6) is 5.46. The molecule has 0 atom stereocenters. The van der Waals surface area contributed by atoms with Crippen molar-refractivity contribution in [2.75, 3.05) is 6.61 Å². The quantitative estimate of drug-likeness (QED) is 0.592. The van der Waals surface area contributed by atoms with E-state index < -0.39 is 0 Å². The minimum Gasteiger partial charge on any atom is -0.361 e. The maximum atomic E-state index is 6.07. The maximum Gasteiger partial charge on any atom is 0.108 e. The summed E-state index contributed by atoms with van der Waals surface area (Å²) in [7, 11) is 0. The summed E-state index contributed by atoms with van der Waals surface area (Å²) >= 11 is 0. The lowest BCUT2D eigenvalue weighted by atomic mass is 9.86. The monoisotopic (exact) mass is 302 g/mol. The van der Waals surface area contributed by atoms with Crippen LogP contribution in [0.2, 0.25) is 0 Å². The predicted molar refractivity (Wildman–Crippen MR) is 95.6 cm³/mol. The molecule has 1 aliphatic carbocycles. The van der Waals surface area contributed by atoms with E-state index in [1.54, 1.807) is 0 Å². The van der Waals surface area contributed by atoms with E-state index in [2.05, 4.69) is 11.8 Å². The fourth-order valence-corrected chi connectivity index (χ4v) is 3.54. The van der Waals surface area contributed by atoms with Crippen LogP contribution in [-0.2, 0) is 4.74 Å². The third kappa shape index (κ3) is 8.51. The van der Waals surface area contributed by atoms with Gasteiger partial charge < -0.3 is 4.74 Å². The Bertz CT molecular complexity index is 328. The van der Waals surface area contributed by atoms with Crippen molar-refractivity contribution in [2.24, 2.45) is 0 Å². The summed E-state index contributed by atoms with van der Waals surface area (Å²) in [5.41, 5.74) is -0.165. The summed E-state index contributed by atoms with van der Waals surface area (Å²) in [4.78, 5) is 0. The van der Waals surface area contributed by atoms with Gasteiger partial charge in [-0.3, -0.25) is 0 Å². The summed E-state index contributed by atoms with van der Waals surface area (Å²) < 4.78 is 6.07. The van der Waals surface area contributed by atoms with Crippen molar-refractivity contribution in [1.29, 1.82) is 0 Å². The van der Waals surface area contributed by atoms with Crippen molar-refractivity contribution < 1.29 is 4.74 Å². The topological polar surface area (TPSA) is 9.23 Å². The third-order valence-electron chi connectivity index (χ3n) is 4.90. The molecule has 1 nitrogen and oxygen atoms in total.